The van der Waals surface area contributed by atoms with Gasteiger partial charge in [0.1, 0.15) is 5.75 Å². The monoisotopic (exact) mass is 498 g/mol. The van der Waals surface area contributed by atoms with E-state index in [4.69, 9.17) is 4.74 Å². The molecule has 0 aliphatic carbocycles. The summed E-state index contributed by atoms with van der Waals surface area (Å²) in [6, 6.07) is 13.3. The van der Waals surface area contributed by atoms with Crippen molar-refractivity contribution in [2.75, 3.05) is 26.7 Å². The summed E-state index contributed by atoms with van der Waals surface area (Å²) in [6.45, 7) is 5.11. The van der Waals surface area contributed by atoms with Crippen LogP contribution < -0.4 is 20.9 Å². The predicted octanol–water partition coefficient (Wildman–Crippen LogP) is 3.05. The fraction of sp³-hybridized carbons (Fsp3) is 0.429. The Kier molecular flexibility index (Phi) is 12.0. The molecule has 0 spiro atoms. The summed E-state index contributed by atoms with van der Waals surface area (Å²) >= 11 is 0. The second-order valence-electron chi connectivity index (χ2n) is 6.19. The topological polar surface area (TPSA) is 67.7 Å². The van der Waals surface area contributed by atoms with Gasteiger partial charge in [0.05, 0.1) is 7.11 Å². The van der Waals surface area contributed by atoms with Crippen molar-refractivity contribution in [3.63, 3.8) is 0 Å². The first-order valence-corrected chi connectivity index (χ1v) is 9.54. The standard InChI is InChI=1S/C21H30N4O2.HI/c1-3-22-21(24-15-13-18-10-4-5-11-19(18)27-2)23-14-7-9-17-25-16-8-6-12-20(25)26;/h4-6,8,10-12,16H,3,7,9,13-15,17H2,1-2H3,(H2,22,23,24);1H. The van der Waals surface area contributed by atoms with Crippen LogP contribution in [0.1, 0.15) is 25.3 Å². The van der Waals surface area contributed by atoms with E-state index in [1.54, 1.807) is 23.8 Å². The highest BCUT2D eigenvalue weighted by Gasteiger charge is 2.02. The summed E-state index contributed by atoms with van der Waals surface area (Å²) in [5, 5.41) is 6.63. The fourth-order valence-corrected chi connectivity index (χ4v) is 2.80. The molecule has 0 radical (unpaired) electrons. The van der Waals surface area contributed by atoms with Crippen molar-refractivity contribution in [3.8, 4) is 5.75 Å². The number of benzene rings is 1. The Morgan fingerprint density at radius 1 is 1.11 bits per heavy atom. The molecule has 0 unspecified atom stereocenters. The molecule has 154 valence electrons. The van der Waals surface area contributed by atoms with E-state index in [-0.39, 0.29) is 29.5 Å². The quantitative estimate of drug-likeness (QED) is 0.229. The highest BCUT2D eigenvalue weighted by molar-refractivity contribution is 14.0. The minimum Gasteiger partial charge on any atom is -0.496 e. The summed E-state index contributed by atoms with van der Waals surface area (Å²) in [5.41, 5.74) is 1.23. The van der Waals surface area contributed by atoms with Gasteiger partial charge in [-0.1, -0.05) is 24.3 Å². The maximum absolute atomic E-state index is 11.7. The van der Waals surface area contributed by atoms with Crippen molar-refractivity contribution in [2.45, 2.75) is 32.7 Å². The van der Waals surface area contributed by atoms with Gasteiger partial charge in [-0.2, -0.15) is 0 Å². The molecule has 2 N–H and O–H groups in total. The zero-order chi connectivity index (χ0) is 19.3. The van der Waals surface area contributed by atoms with Gasteiger partial charge in [0.25, 0.3) is 0 Å². The zero-order valence-electron chi connectivity index (χ0n) is 16.7. The lowest BCUT2D eigenvalue weighted by Gasteiger charge is -2.12. The van der Waals surface area contributed by atoms with Gasteiger partial charge < -0.3 is 19.9 Å². The van der Waals surface area contributed by atoms with Gasteiger partial charge in [0.2, 0.25) is 5.56 Å². The van der Waals surface area contributed by atoms with Crippen molar-refractivity contribution in [2.24, 2.45) is 4.99 Å². The number of aliphatic imine (C=N–C) groups is 1. The van der Waals surface area contributed by atoms with Crippen LogP contribution in [-0.2, 0) is 13.0 Å². The molecule has 0 saturated carbocycles. The molecule has 0 aliphatic rings. The fourth-order valence-electron chi connectivity index (χ4n) is 2.80. The van der Waals surface area contributed by atoms with Gasteiger partial charge in [-0.05, 0) is 43.9 Å². The van der Waals surface area contributed by atoms with Crippen molar-refractivity contribution in [1.82, 2.24) is 15.2 Å². The van der Waals surface area contributed by atoms with Crippen molar-refractivity contribution >= 4 is 29.9 Å². The molecule has 2 rings (SSSR count). The lowest BCUT2D eigenvalue weighted by Crippen LogP contribution is -2.38. The minimum absolute atomic E-state index is 0. The third kappa shape index (κ3) is 8.33. The van der Waals surface area contributed by atoms with E-state index >= 15 is 0 Å². The van der Waals surface area contributed by atoms with Crippen LogP contribution in [0, 0.1) is 0 Å². The second-order valence-corrected chi connectivity index (χ2v) is 6.19. The van der Waals surface area contributed by atoms with Crippen LogP contribution in [-0.4, -0.2) is 37.3 Å². The van der Waals surface area contributed by atoms with Crippen LogP contribution >= 0.6 is 24.0 Å². The minimum atomic E-state index is 0. The Morgan fingerprint density at radius 3 is 2.64 bits per heavy atom. The van der Waals surface area contributed by atoms with Gasteiger partial charge >= 0.3 is 0 Å². The number of ether oxygens (including phenoxy) is 1. The van der Waals surface area contributed by atoms with Crippen molar-refractivity contribution in [1.29, 1.82) is 0 Å². The number of halogens is 1. The van der Waals surface area contributed by atoms with Crippen LogP contribution in [0.4, 0.5) is 0 Å². The smallest absolute Gasteiger partial charge is 0.250 e. The number of para-hydroxylation sites is 1. The maximum atomic E-state index is 11.7. The third-order valence-corrected chi connectivity index (χ3v) is 4.20. The van der Waals surface area contributed by atoms with E-state index in [1.165, 1.54) is 5.56 Å². The molecule has 0 fully saturated rings. The zero-order valence-corrected chi connectivity index (χ0v) is 19.0. The highest BCUT2D eigenvalue weighted by atomic mass is 127. The number of nitrogens with zero attached hydrogens (tertiary/aromatic N) is 2. The Balaban J connectivity index is 0.00000392. The predicted molar refractivity (Wildman–Crippen MR) is 126 cm³/mol. The molecule has 28 heavy (non-hydrogen) atoms. The van der Waals surface area contributed by atoms with E-state index in [9.17, 15) is 4.79 Å². The molecule has 7 heteroatoms. The molecule has 1 aromatic heterocycles. The summed E-state index contributed by atoms with van der Waals surface area (Å²) in [4.78, 5) is 16.3. The lowest BCUT2D eigenvalue weighted by atomic mass is 10.1. The molecular formula is C21H31IN4O2. The number of hydrogen-bond acceptors (Lipinski definition) is 3. The average molecular weight is 498 g/mol. The molecule has 0 aliphatic heterocycles. The highest BCUT2D eigenvalue weighted by Crippen LogP contribution is 2.17. The maximum Gasteiger partial charge on any atom is 0.250 e. The SMILES string of the molecule is CCNC(=NCCCCn1ccccc1=O)NCCc1ccccc1OC.I. The van der Waals surface area contributed by atoms with E-state index in [1.807, 2.05) is 30.5 Å². The Bertz CT molecular complexity index is 777. The van der Waals surface area contributed by atoms with Gasteiger partial charge in [0, 0.05) is 38.4 Å². The Morgan fingerprint density at radius 2 is 1.89 bits per heavy atom. The number of aryl methyl sites for hydroxylation is 1. The Hall–Kier alpha value is -2.03. The Labute approximate surface area is 184 Å². The van der Waals surface area contributed by atoms with E-state index in [0.29, 0.717) is 0 Å². The normalized spacial score (nSPS) is 10.9. The number of unbranched alkanes of at least 4 members (excludes halogenated alkanes) is 1. The average Bonchev–Trinajstić information content (AvgIpc) is 2.69. The number of guanidine groups is 1. The number of methoxy groups -OCH3 is 1. The molecule has 0 saturated heterocycles. The lowest BCUT2D eigenvalue weighted by molar-refractivity contribution is 0.409. The number of pyridine rings is 1. The van der Waals surface area contributed by atoms with Crippen LogP contribution in [0.25, 0.3) is 0 Å². The number of rotatable bonds is 10. The van der Waals surface area contributed by atoms with Gasteiger partial charge in [-0.25, -0.2) is 0 Å². The largest absolute Gasteiger partial charge is 0.496 e. The van der Waals surface area contributed by atoms with E-state index in [0.717, 1.165) is 57.2 Å². The number of hydrogen-bond donors (Lipinski definition) is 2. The molecule has 1 heterocycles. The van der Waals surface area contributed by atoms with Crippen molar-refractivity contribution in [3.05, 3.63) is 64.6 Å². The van der Waals surface area contributed by atoms with Crippen LogP contribution in [0.3, 0.4) is 0 Å². The van der Waals surface area contributed by atoms with Crippen molar-refractivity contribution < 1.29 is 4.74 Å². The van der Waals surface area contributed by atoms with Gasteiger partial charge in [-0.3, -0.25) is 9.79 Å². The number of aromatic nitrogens is 1. The molecule has 1 aromatic carbocycles. The molecule has 0 amide bonds. The van der Waals surface area contributed by atoms with Crippen LogP contribution in [0.15, 0.2) is 58.4 Å². The summed E-state index contributed by atoms with van der Waals surface area (Å²) in [6.07, 6.45) is 4.55. The molecule has 6 nitrogen and oxygen atoms in total. The van der Waals surface area contributed by atoms with Crippen LogP contribution in [0.2, 0.25) is 0 Å². The third-order valence-electron chi connectivity index (χ3n) is 4.20. The first-order chi connectivity index (χ1) is 13.2. The van der Waals surface area contributed by atoms with Gasteiger partial charge in [0.15, 0.2) is 5.96 Å². The first kappa shape index (κ1) is 24.0. The number of nitrogens with one attached hydrogen (secondary N) is 2. The summed E-state index contributed by atoms with van der Waals surface area (Å²) in [5.74, 6) is 1.74. The molecular weight excluding hydrogens is 467 g/mol. The second kappa shape index (κ2) is 14.0. The summed E-state index contributed by atoms with van der Waals surface area (Å²) < 4.78 is 7.13. The first-order valence-electron chi connectivity index (χ1n) is 9.54. The van der Waals surface area contributed by atoms with E-state index in [2.05, 4.69) is 28.6 Å². The van der Waals surface area contributed by atoms with Crippen LogP contribution in [0.5, 0.6) is 5.75 Å². The molecule has 0 bridgehead atoms. The van der Waals surface area contributed by atoms with Gasteiger partial charge in [-0.15, -0.1) is 24.0 Å². The molecule has 2 aromatic rings. The van der Waals surface area contributed by atoms with E-state index < -0.39 is 0 Å². The molecule has 0 atom stereocenters. The summed E-state index contributed by atoms with van der Waals surface area (Å²) in [7, 11) is 1.70.